The first kappa shape index (κ1) is 9.90. The van der Waals surface area contributed by atoms with Gasteiger partial charge in [0.1, 0.15) is 0 Å². The van der Waals surface area contributed by atoms with Crippen LogP contribution in [0.25, 0.3) is 0 Å². The highest BCUT2D eigenvalue weighted by Crippen LogP contribution is 2.14. The fourth-order valence-corrected chi connectivity index (χ4v) is 1.19. The Morgan fingerprint density at radius 3 is 2.46 bits per heavy atom. The fraction of sp³-hybridized carbons (Fsp3) is 0.455. The number of carbonyl (C=O) groups excluding carboxylic acids is 1. The summed E-state index contributed by atoms with van der Waals surface area (Å²) in [5.74, 6) is 0.477. The minimum Gasteiger partial charge on any atom is -0.295 e. The Morgan fingerprint density at radius 1 is 1.38 bits per heavy atom. The van der Waals surface area contributed by atoms with Crippen LogP contribution in [0.2, 0.25) is 0 Å². The van der Waals surface area contributed by atoms with Crippen molar-refractivity contribution >= 4 is 5.78 Å². The van der Waals surface area contributed by atoms with Crippen LogP contribution in [-0.2, 0) is 0 Å². The van der Waals surface area contributed by atoms with Gasteiger partial charge in [-0.2, -0.15) is 0 Å². The zero-order valence-corrected chi connectivity index (χ0v) is 8.59. The predicted molar refractivity (Wildman–Crippen MR) is 53.1 cm³/mol. The first-order valence-corrected chi connectivity index (χ1v) is 4.50. The van der Waals surface area contributed by atoms with Crippen LogP contribution >= 0.6 is 0 Å². The maximum atomic E-state index is 11.1. The summed E-state index contributed by atoms with van der Waals surface area (Å²) in [5.41, 5.74) is 2.66. The Morgan fingerprint density at radius 2 is 2.00 bits per heavy atom. The second kappa shape index (κ2) is 3.69. The number of rotatable bonds is 2. The van der Waals surface area contributed by atoms with Crippen LogP contribution in [0.5, 0.6) is 0 Å². The van der Waals surface area contributed by atoms with E-state index < -0.39 is 0 Å². The molecule has 1 aromatic rings. The highest BCUT2D eigenvalue weighted by Gasteiger charge is 2.06. The molecule has 0 aliphatic rings. The smallest absolute Gasteiger partial charge is 0.159 e. The minimum atomic E-state index is 0.104. The summed E-state index contributed by atoms with van der Waals surface area (Å²) < 4.78 is 0. The standard InChI is InChI=1S/C11H15NO/c1-7(2)11-6-10(9(4)13)5-8(3)12-11/h5-7H,1-4H3. The van der Waals surface area contributed by atoms with Crippen LogP contribution in [0.15, 0.2) is 12.1 Å². The van der Waals surface area contributed by atoms with Crippen molar-refractivity contribution in [3.63, 3.8) is 0 Å². The van der Waals surface area contributed by atoms with Crippen molar-refractivity contribution in [2.75, 3.05) is 0 Å². The van der Waals surface area contributed by atoms with Gasteiger partial charge in [-0.05, 0) is 31.9 Å². The zero-order chi connectivity index (χ0) is 10.0. The van der Waals surface area contributed by atoms with E-state index in [-0.39, 0.29) is 5.78 Å². The number of nitrogens with zero attached hydrogens (tertiary/aromatic N) is 1. The maximum Gasteiger partial charge on any atom is 0.159 e. The summed E-state index contributed by atoms with van der Waals surface area (Å²) >= 11 is 0. The third kappa shape index (κ3) is 2.38. The van der Waals surface area contributed by atoms with E-state index in [2.05, 4.69) is 18.8 Å². The van der Waals surface area contributed by atoms with Gasteiger partial charge in [-0.1, -0.05) is 13.8 Å². The molecule has 0 saturated heterocycles. The Hall–Kier alpha value is -1.18. The van der Waals surface area contributed by atoms with Crippen molar-refractivity contribution in [1.29, 1.82) is 0 Å². The second-order valence-electron chi connectivity index (χ2n) is 3.63. The van der Waals surface area contributed by atoms with Crippen molar-refractivity contribution in [3.8, 4) is 0 Å². The lowest BCUT2D eigenvalue weighted by molar-refractivity contribution is 0.101. The van der Waals surface area contributed by atoms with Crippen LogP contribution in [0.3, 0.4) is 0 Å². The number of hydrogen-bond donors (Lipinski definition) is 0. The molecule has 0 amide bonds. The van der Waals surface area contributed by atoms with Crippen molar-refractivity contribution in [2.24, 2.45) is 0 Å². The third-order valence-corrected chi connectivity index (χ3v) is 1.97. The number of aromatic nitrogens is 1. The molecule has 0 aliphatic carbocycles. The largest absolute Gasteiger partial charge is 0.295 e. The average molecular weight is 177 g/mol. The molecule has 0 bridgehead atoms. The van der Waals surface area contributed by atoms with Crippen molar-refractivity contribution in [3.05, 3.63) is 29.1 Å². The van der Waals surface area contributed by atoms with E-state index in [9.17, 15) is 4.79 Å². The quantitative estimate of drug-likeness (QED) is 0.650. The molecule has 0 aromatic carbocycles. The van der Waals surface area contributed by atoms with Crippen LogP contribution in [0.4, 0.5) is 0 Å². The van der Waals surface area contributed by atoms with Gasteiger partial charge in [0.15, 0.2) is 5.78 Å². The molecule has 0 N–H and O–H groups in total. The summed E-state index contributed by atoms with van der Waals surface area (Å²) in [6, 6.07) is 3.70. The Balaban J connectivity index is 3.19. The molecule has 0 radical (unpaired) electrons. The van der Waals surface area contributed by atoms with Gasteiger partial charge in [0.25, 0.3) is 0 Å². The van der Waals surface area contributed by atoms with Crippen LogP contribution in [0.1, 0.15) is 48.4 Å². The molecule has 2 heteroatoms. The van der Waals surface area contributed by atoms with E-state index in [0.29, 0.717) is 5.92 Å². The predicted octanol–water partition coefficient (Wildman–Crippen LogP) is 2.72. The molecule has 0 aliphatic heterocycles. The van der Waals surface area contributed by atoms with Gasteiger partial charge in [0.2, 0.25) is 0 Å². The number of carbonyl (C=O) groups is 1. The monoisotopic (exact) mass is 177 g/mol. The molecule has 70 valence electrons. The molecule has 1 aromatic heterocycles. The molecule has 0 unspecified atom stereocenters. The molecule has 13 heavy (non-hydrogen) atoms. The number of pyridine rings is 1. The summed E-state index contributed by atoms with van der Waals surface area (Å²) in [4.78, 5) is 15.5. The topological polar surface area (TPSA) is 30.0 Å². The van der Waals surface area contributed by atoms with E-state index in [1.165, 1.54) is 0 Å². The van der Waals surface area contributed by atoms with Crippen LogP contribution in [-0.4, -0.2) is 10.8 Å². The van der Waals surface area contributed by atoms with Gasteiger partial charge < -0.3 is 0 Å². The Labute approximate surface area is 79.0 Å². The molecular weight excluding hydrogens is 162 g/mol. The summed E-state index contributed by atoms with van der Waals surface area (Å²) in [5, 5.41) is 0. The maximum absolute atomic E-state index is 11.1. The summed E-state index contributed by atoms with van der Waals surface area (Å²) in [6.45, 7) is 7.65. The summed E-state index contributed by atoms with van der Waals surface area (Å²) in [6.07, 6.45) is 0. The third-order valence-electron chi connectivity index (χ3n) is 1.97. The lowest BCUT2D eigenvalue weighted by atomic mass is 10.0. The molecule has 1 rings (SSSR count). The summed E-state index contributed by atoms with van der Waals surface area (Å²) in [7, 11) is 0. The molecule has 1 heterocycles. The first-order valence-electron chi connectivity index (χ1n) is 4.50. The molecule has 0 saturated carbocycles. The van der Waals surface area contributed by atoms with Gasteiger partial charge in [0.05, 0.1) is 0 Å². The van der Waals surface area contributed by atoms with Crippen molar-refractivity contribution in [2.45, 2.75) is 33.6 Å². The van der Waals surface area contributed by atoms with Crippen molar-refractivity contribution in [1.82, 2.24) is 4.98 Å². The number of hydrogen-bond acceptors (Lipinski definition) is 2. The Kier molecular flexibility index (Phi) is 2.81. The molecule has 2 nitrogen and oxygen atoms in total. The zero-order valence-electron chi connectivity index (χ0n) is 8.59. The average Bonchev–Trinajstić information content (AvgIpc) is 2.03. The minimum absolute atomic E-state index is 0.104. The van der Waals surface area contributed by atoms with Gasteiger partial charge in [-0.15, -0.1) is 0 Å². The molecule has 0 fully saturated rings. The SMILES string of the molecule is CC(=O)c1cc(C)nc(C(C)C)c1. The van der Waals surface area contributed by atoms with Crippen LogP contribution in [0, 0.1) is 6.92 Å². The first-order chi connectivity index (χ1) is 6.00. The lowest BCUT2D eigenvalue weighted by Gasteiger charge is -2.07. The van der Waals surface area contributed by atoms with Gasteiger partial charge in [0, 0.05) is 17.0 Å². The molecule has 0 atom stereocenters. The van der Waals surface area contributed by atoms with E-state index in [1.807, 2.05) is 19.1 Å². The van der Waals surface area contributed by atoms with Gasteiger partial charge in [-0.3, -0.25) is 9.78 Å². The Bertz CT molecular complexity index is 329. The number of Topliss-reactive ketones (excluding diaryl/α,β-unsaturated/α-hetero) is 1. The van der Waals surface area contributed by atoms with E-state index >= 15 is 0 Å². The van der Waals surface area contributed by atoms with E-state index in [0.717, 1.165) is 17.0 Å². The lowest BCUT2D eigenvalue weighted by Crippen LogP contribution is -2.00. The molecule has 0 spiro atoms. The second-order valence-corrected chi connectivity index (χ2v) is 3.63. The fourth-order valence-electron chi connectivity index (χ4n) is 1.19. The van der Waals surface area contributed by atoms with Gasteiger partial charge in [-0.25, -0.2) is 0 Å². The highest BCUT2D eigenvalue weighted by molar-refractivity contribution is 5.94. The van der Waals surface area contributed by atoms with Crippen LogP contribution < -0.4 is 0 Å². The van der Waals surface area contributed by atoms with Gasteiger partial charge >= 0.3 is 0 Å². The number of aryl methyl sites for hydroxylation is 1. The molecular formula is C11H15NO. The van der Waals surface area contributed by atoms with Crippen molar-refractivity contribution < 1.29 is 4.79 Å². The van der Waals surface area contributed by atoms with E-state index in [1.54, 1.807) is 6.92 Å². The normalized spacial score (nSPS) is 10.5. The number of ketones is 1. The van der Waals surface area contributed by atoms with E-state index in [4.69, 9.17) is 0 Å². The highest BCUT2D eigenvalue weighted by atomic mass is 16.1.